The molecule has 0 spiro atoms. The number of pyridine rings is 1. The third-order valence-corrected chi connectivity index (χ3v) is 11.9. The molecule has 0 bridgehead atoms. The van der Waals surface area contributed by atoms with Crippen molar-refractivity contribution in [2.24, 2.45) is 0 Å². The fraction of sp³-hybridized carbons (Fsp3) is 0.345. The molecule has 0 atom stereocenters. The molecule has 320 valence electrons. The molecule has 0 unspecified atom stereocenters. The SMILES string of the molecule is CC(C)c1cc(Oc2[c-]c3c(cc2)c2ccc(C(C)(C)C)cc2n3-c2cc(C(C)(C)C)ccn2)[c-]c(N2[CH-]N(c3cccc(C(C)(C)C)c3)c3cc(C(C)(C)C)ccc32)c1.[Pt]. The summed E-state index contributed by atoms with van der Waals surface area (Å²) in [6, 6.07) is 42.9. The van der Waals surface area contributed by atoms with E-state index >= 15 is 0 Å². The van der Waals surface area contributed by atoms with Gasteiger partial charge in [0.1, 0.15) is 5.82 Å². The molecule has 7 aromatic rings. The Bertz CT molecular complexity index is 2750. The summed E-state index contributed by atoms with van der Waals surface area (Å²) < 4.78 is 9.09. The molecule has 0 radical (unpaired) electrons. The number of aromatic nitrogens is 2. The molecule has 6 heteroatoms. The van der Waals surface area contributed by atoms with Crippen molar-refractivity contribution in [1.29, 1.82) is 0 Å². The first-order valence-electron chi connectivity index (χ1n) is 21.5. The van der Waals surface area contributed by atoms with Gasteiger partial charge in [-0.15, -0.1) is 53.6 Å². The second kappa shape index (κ2) is 15.8. The molecule has 0 amide bonds. The minimum Gasteiger partial charge on any atom is -0.509 e. The van der Waals surface area contributed by atoms with Crippen LogP contribution in [-0.4, -0.2) is 9.55 Å². The maximum atomic E-state index is 6.84. The number of anilines is 4. The molecule has 5 aromatic carbocycles. The minimum atomic E-state index is -0.0321. The normalized spacial score (nSPS) is 13.6. The van der Waals surface area contributed by atoms with Gasteiger partial charge in [0.25, 0.3) is 0 Å². The minimum absolute atomic E-state index is 0. The van der Waals surface area contributed by atoms with Crippen LogP contribution in [0.5, 0.6) is 11.5 Å². The van der Waals surface area contributed by atoms with Gasteiger partial charge in [-0.2, -0.15) is 6.07 Å². The van der Waals surface area contributed by atoms with E-state index in [4.69, 9.17) is 9.72 Å². The second-order valence-electron chi connectivity index (χ2n) is 21.1. The van der Waals surface area contributed by atoms with Crippen molar-refractivity contribution in [1.82, 2.24) is 9.55 Å². The van der Waals surface area contributed by atoms with Crippen LogP contribution in [0.2, 0.25) is 0 Å². The van der Waals surface area contributed by atoms with Crippen LogP contribution in [0, 0.1) is 18.8 Å². The average Bonchev–Trinajstić information content (AvgIpc) is 3.72. The molecule has 0 saturated heterocycles. The van der Waals surface area contributed by atoms with Gasteiger partial charge in [0.05, 0.1) is 0 Å². The first-order valence-corrected chi connectivity index (χ1v) is 21.5. The topological polar surface area (TPSA) is 33.5 Å². The molecule has 1 aliphatic heterocycles. The van der Waals surface area contributed by atoms with Crippen molar-refractivity contribution in [2.45, 2.75) is 125 Å². The number of hydrogen-bond acceptors (Lipinski definition) is 4. The summed E-state index contributed by atoms with van der Waals surface area (Å²) in [7, 11) is 0. The number of fused-ring (bicyclic) bond motifs is 4. The molecule has 1 aliphatic rings. The number of hydrogen-bond donors (Lipinski definition) is 0. The van der Waals surface area contributed by atoms with Crippen molar-refractivity contribution >= 4 is 44.6 Å². The standard InChI is InChI=1S/C55H61N4O.Pt/c1-35(2)36-26-42(58-34-57(41-17-15-16-37(28-41)52(3,4)5)50-30-39(54(9,10)11)19-23-47(50)58)32-44(27-36)60-43-20-22-46-45-21-18-38(53(6,7)8)29-48(45)59(49(46)33-43)51-31-40(24-25-56-51)55(12,13)14;/h15-31,34-35H,1-14H3;/q-3;. The van der Waals surface area contributed by atoms with Gasteiger partial charge in [0.15, 0.2) is 0 Å². The Hall–Kier alpha value is -4.86. The third-order valence-electron chi connectivity index (χ3n) is 11.9. The van der Waals surface area contributed by atoms with E-state index < -0.39 is 0 Å². The van der Waals surface area contributed by atoms with E-state index in [2.05, 4.69) is 221 Å². The predicted molar refractivity (Wildman–Crippen MR) is 253 cm³/mol. The monoisotopic (exact) mass is 988 g/mol. The zero-order valence-corrected chi connectivity index (χ0v) is 40.8. The largest absolute Gasteiger partial charge is 0.509 e. The first-order chi connectivity index (χ1) is 28.1. The van der Waals surface area contributed by atoms with Gasteiger partial charge < -0.3 is 19.1 Å². The van der Waals surface area contributed by atoms with E-state index in [1.54, 1.807) is 0 Å². The van der Waals surface area contributed by atoms with Crippen LogP contribution in [0.25, 0.3) is 27.6 Å². The molecule has 61 heavy (non-hydrogen) atoms. The maximum Gasteiger partial charge on any atom is 0.135 e. The molecule has 8 rings (SSSR count). The number of rotatable bonds is 6. The van der Waals surface area contributed by atoms with E-state index in [9.17, 15) is 0 Å². The van der Waals surface area contributed by atoms with E-state index in [1.165, 1.54) is 27.8 Å². The average molecular weight is 989 g/mol. The van der Waals surface area contributed by atoms with Crippen LogP contribution in [0.1, 0.15) is 131 Å². The summed E-state index contributed by atoms with van der Waals surface area (Å²) in [5.74, 6) is 2.40. The molecule has 2 aromatic heterocycles. The molecule has 0 aliphatic carbocycles. The molecular formula is C55H61N4OPt-3. The Morgan fingerprint density at radius 3 is 1.87 bits per heavy atom. The van der Waals surface area contributed by atoms with Crippen molar-refractivity contribution < 1.29 is 25.8 Å². The molecule has 0 saturated carbocycles. The van der Waals surface area contributed by atoms with Crippen LogP contribution < -0.4 is 14.5 Å². The van der Waals surface area contributed by atoms with Gasteiger partial charge in [-0.25, -0.2) is 4.98 Å². The molecule has 3 heterocycles. The van der Waals surface area contributed by atoms with E-state index in [1.807, 2.05) is 12.3 Å². The number of benzene rings is 5. The van der Waals surface area contributed by atoms with Crippen LogP contribution >= 0.6 is 0 Å². The maximum absolute atomic E-state index is 6.84. The Balaban J connectivity index is 0.00000561. The fourth-order valence-corrected chi connectivity index (χ4v) is 8.03. The van der Waals surface area contributed by atoms with Crippen LogP contribution in [0.15, 0.2) is 103 Å². The smallest absolute Gasteiger partial charge is 0.135 e. The zero-order valence-electron chi connectivity index (χ0n) is 38.5. The molecule has 5 nitrogen and oxygen atoms in total. The first kappa shape index (κ1) is 44.2. The quantitative estimate of drug-likeness (QED) is 0.156. The van der Waals surface area contributed by atoms with E-state index in [-0.39, 0.29) is 48.6 Å². The summed E-state index contributed by atoms with van der Waals surface area (Å²) in [5, 5.41) is 2.27. The predicted octanol–water partition coefficient (Wildman–Crippen LogP) is 15.3. The Morgan fingerprint density at radius 1 is 0.574 bits per heavy atom. The van der Waals surface area contributed by atoms with Crippen LogP contribution in [-0.2, 0) is 42.7 Å². The van der Waals surface area contributed by atoms with Crippen molar-refractivity contribution in [3.05, 3.63) is 150 Å². The van der Waals surface area contributed by atoms with E-state index in [0.717, 1.165) is 50.4 Å². The van der Waals surface area contributed by atoms with Gasteiger partial charge in [-0.3, -0.25) is 0 Å². The summed E-state index contributed by atoms with van der Waals surface area (Å²) >= 11 is 0. The summed E-state index contributed by atoms with van der Waals surface area (Å²) in [6.45, 7) is 33.8. The number of nitrogens with zero attached hydrogens (tertiary/aromatic N) is 4. The van der Waals surface area contributed by atoms with Crippen molar-refractivity contribution in [2.75, 3.05) is 9.80 Å². The molecule has 0 fully saturated rings. The fourth-order valence-electron chi connectivity index (χ4n) is 8.03. The van der Waals surface area contributed by atoms with Crippen molar-refractivity contribution in [3.8, 4) is 17.3 Å². The zero-order chi connectivity index (χ0) is 43.1. The summed E-state index contributed by atoms with van der Waals surface area (Å²) in [4.78, 5) is 9.54. The van der Waals surface area contributed by atoms with Gasteiger partial charge >= 0.3 is 0 Å². The van der Waals surface area contributed by atoms with Crippen molar-refractivity contribution in [3.63, 3.8) is 0 Å². The molecule has 0 N–H and O–H groups in total. The summed E-state index contributed by atoms with van der Waals surface area (Å²) in [6.07, 6.45) is 1.93. The van der Waals surface area contributed by atoms with Gasteiger partial charge in [-0.05, 0) is 97.7 Å². The summed E-state index contributed by atoms with van der Waals surface area (Å²) in [5.41, 5.74) is 12.5. The van der Waals surface area contributed by atoms with Gasteiger partial charge in [0.2, 0.25) is 0 Å². The van der Waals surface area contributed by atoms with Gasteiger partial charge in [-0.1, -0.05) is 133 Å². The molecular weight excluding hydrogens is 928 g/mol. The second-order valence-corrected chi connectivity index (χ2v) is 21.1. The van der Waals surface area contributed by atoms with Crippen LogP contribution in [0.4, 0.5) is 22.7 Å². The Labute approximate surface area is 379 Å². The third kappa shape index (κ3) is 8.65. The number of ether oxygens (including phenoxy) is 1. The van der Waals surface area contributed by atoms with Gasteiger partial charge in [0, 0.05) is 61.3 Å². The van der Waals surface area contributed by atoms with E-state index in [0.29, 0.717) is 11.5 Å². The Kier molecular flexibility index (Phi) is 11.4. The van der Waals surface area contributed by atoms with Crippen LogP contribution in [0.3, 0.4) is 0 Å². The Morgan fingerprint density at radius 2 is 1.20 bits per heavy atom.